The van der Waals surface area contributed by atoms with E-state index in [0.29, 0.717) is 5.56 Å². The highest BCUT2D eigenvalue weighted by Gasteiger charge is 2.43. The van der Waals surface area contributed by atoms with E-state index in [1.54, 1.807) is 25.3 Å². The molecule has 0 unspecified atom stereocenters. The lowest BCUT2D eigenvalue weighted by molar-refractivity contribution is 0.0697. The zero-order valence-electron chi connectivity index (χ0n) is 17.2. The number of ether oxygens (including phenoxy) is 2. The quantitative estimate of drug-likeness (QED) is 0.731. The van der Waals surface area contributed by atoms with Crippen LogP contribution in [0.15, 0.2) is 42.5 Å². The molecule has 0 radical (unpaired) electrons. The Balaban J connectivity index is 1.66. The molecule has 2 saturated carbocycles. The molecule has 0 spiro atoms. The molecule has 5 heteroatoms. The van der Waals surface area contributed by atoms with Gasteiger partial charge in [0, 0.05) is 11.6 Å². The van der Waals surface area contributed by atoms with Gasteiger partial charge in [-0.2, -0.15) is 0 Å². The first-order chi connectivity index (χ1) is 14.5. The molecule has 4 rings (SSSR count). The number of nitrogens with two attached hydrogens (primary N) is 1. The summed E-state index contributed by atoms with van der Waals surface area (Å²) in [5, 5.41) is 9.21. The average Bonchev–Trinajstić information content (AvgIpc) is 3.23. The van der Waals surface area contributed by atoms with Crippen LogP contribution in [0.4, 0.5) is 0 Å². The Hall–Kier alpha value is -2.97. The Bertz CT molecular complexity index is 992. The molecular formula is C25H27NO4. The predicted molar refractivity (Wildman–Crippen MR) is 115 cm³/mol. The minimum absolute atomic E-state index is 0.103. The lowest BCUT2D eigenvalue weighted by atomic mass is 9.62. The molecule has 0 amide bonds. The number of aromatic carboxylic acids is 1. The average molecular weight is 405 g/mol. The van der Waals surface area contributed by atoms with E-state index in [2.05, 4.69) is 11.8 Å². The van der Waals surface area contributed by atoms with Crippen LogP contribution in [0.2, 0.25) is 0 Å². The summed E-state index contributed by atoms with van der Waals surface area (Å²) in [6.07, 6.45) is 6.30. The normalized spacial score (nSPS) is 23.2. The van der Waals surface area contributed by atoms with Crippen molar-refractivity contribution in [2.24, 2.45) is 5.73 Å². The zero-order chi connectivity index (χ0) is 21.1. The van der Waals surface area contributed by atoms with Crippen molar-refractivity contribution in [1.29, 1.82) is 0 Å². The van der Waals surface area contributed by atoms with Crippen molar-refractivity contribution in [3.05, 3.63) is 59.2 Å². The number of benzene rings is 2. The van der Waals surface area contributed by atoms with E-state index in [1.165, 1.54) is 12.8 Å². The summed E-state index contributed by atoms with van der Waals surface area (Å²) in [5.74, 6) is 7.12. The fourth-order valence-electron chi connectivity index (χ4n) is 4.42. The zero-order valence-corrected chi connectivity index (χ0v) is 17.2. The molecule has 3 N–H and O–H groups in total. The predicted octanol–water partition coefficient (Wildman–Crippen LogP) is 4.13. The second kappa shape index (κ2) is 8.41. The lowest BCUT2D eigenvalue weighted by Gasteiger charge is -2.43. The highest BCUT2D eigenvalue weighted by Crippen LogP contribution is 2.45. The number of hydrogen-bond acceptors (Lipinski definition) is 4. The first-order valence-electron chi connectivity index (χ1n) is 10.5. The minimum atomic E-state index is -0.956. The van der Waals surface area contributed by atoms with Gasteiger partial charge in [0.05, 0.1) is 24.2 Å². The van der Waals surface area contributed by atoms with Gasteiger partial charge in [0.25, 0.3) is 0 Å². The van der Waals surface area contributed by atoms with Crippen LogP contribution in [0.1, 0.15) is 60.0 Å². The van der Waals surface area contributed by atoms with Crippen LogP contribution in [0.25, 0.3) is 0 Å². The fourth-order valence-corrected chi connectivity index (χ4v) is 4.42. The van der Waals surface area contributed by atoms with Crippen LogP contribution in [0, 0.1) is 11.8 Å². The van der Waals surface area contributed by atoms with Crippen LogP contribution in [0.3, 0.4) is 0 Å². The van der Waals surface area contributed by atoms with E-state index in [9.17, 15) is 9.90 Å². The van der Waals surface area contributed by atoms with Gasteiger partial charge in [0.1, 0.15) is 0 Å². The third-order valence-electron chi connectivity index (χ3n) is 6.09. The Morgan fingerprint density at radius 3 is 2.57 bits per heavy atom. The van der Waals surface area contributed by atoms with Gasteiger partial charge >= 0.3 is 5.97 Å². The summed E-state index contributed by atoms with van der Waals surface area (Å²) in [4.78, 5) is 11.2. The number of carbonyl (C=O) groups is 1. The highest BCUT2D eigenvalue weighted by atomic mass is 16.5. The Kier molecular flexibility index (Phi) is 5.69. The maximum Gasteiger partial charge on any atom is 0.335 e. The summed E-state index contributed by atoms with van der Waals surface area (Å²) in [7, 11) is 1.65. The van der Waals surface area contributed by atoms with Gasteiger partial charge in [0.2, 0.25) is 0 Å². The van der Waals surface area contributed by atoms with E-state index >= 15 is 0 Å². The SMILES string of the molecule is COc1ccc([C@]2(C#Cc3cccc(C(=O)O)c3)C[C@@H](N)C2)cc1OC1CCCC1. The van der Waals surface area contributed by atoms with Gasteiger partial charge in [-0.15, -0.1) is 0 Å². The molecule has 0 aliphatic heterocycles. The van der Waals surface area contributed by atoms with Crippen molar-refractivity contribution in [3.8, 4) is 23.3 Å². The number of carboxylic acid groups (broad SMARTS) is 1. The van der Waals surface area contributed by atoms with Crippen molar-refractivity contribution in [2.75, 3.05) is 7.11 Å². The number of carboxylic acids is 1. The third-order valence-corrected chi connectivity index (χ3v) is 6.09. The Labute approximate surface area is 177 Å². The molecular weight excluding hydrogens is 378 g/mol. The molecule has 2 aliphatic carbocycles. The van der Waals surface area contributed by atoms with Crippen LogP contribution in [-0.2, 0) is 5.41 Å². The number of methoxy groups -OCH3 is 1. The van der Waals surface area contributed by atoms with Crippen molar-refractivity contribution >= 4 is 5.97 Å². The monoisotopic (exact) mass is 405 g/mol. The molecule has 0 atom stereocenters. The first-order valence-corrected chi connectivity index (χ1v) is 10.5. The summed E-state index contributed by atoms with van der Waals surface area (Å²) < 4.78 is 11.8. The molecule has 2 aromatic rings. The van der Waals surface area contributed by atoms with E-state index in [-0.39, 0.29) is 23.1 Å². The standard InChI is InChI=1S/C25H27NO4/c1-29-22-10-9-19(14-23(22)30-21-7-2-3-8-21)25(15-20(26)16-25)12-11-17-5-4-6-18(13-17)24(27)28/h4-6,9-10,13-14,20-21H,2-3,7-8,15-16,26H2,1H3,(H,27,28)/t20-,25-. The van der Waals surface area contributed by atoms with Crippen LogP contribution in [0.5, 0.6) is 11.5 Å². The molecule has 2 aromatic carbocycles. The van der Waals surface area contributed by atoms with Gasteiger partial charge in [-0.25, -0.2) is 4.79 Å². The molecule has 0 heterocycles. The largest absolute Gasteiger partial charge is 0.493 e. The number of hydrogen-bond donors (Lipinski definition) is 2. The molecule has 0 saturated heterocycles. The van der Waals surface area contributed by atoms with Gasteiger partial charge in [-0.05, 0) is 74.4 Å². The first kappa shape index (κ1) is 20.3. The summed E-state index contributed by atoms with van der Waals surface area (Å²) >= 11 is 0. The molecule has 0 bridgehead atoms. The van der Waals surface area contributed by atoms with E-state index in [0.717, 1.165) is 42.7 Å². The van der Waals surface area contributed by atoms with Crippen LogP contribution >= 0.6 is 0 Å². The van der Waals surface area contributed by atoms with E-state index < -0.39 is 5.97 Å². The Morgan fingerprint density at radius 1 is 1.13 bits per heavy atom. The second-order valence-electron chi connectivity index (χ2n) is 8.28. The topological polar surface area (TPSA) is 81.8 Å². The molecule has 30 heavy (non-hydrogen) atoms. The maximum atomic E-state index is 11.2. The summed E-state index contributed by atoms with van der Waals surface area (Å²) in [6, 6.07) is 12.8. The van der Waals surface area contributed by atoms with Crippen molar-refractivity contribution in [1.82, 2.24) is 0 Å². The fraction of sp³-hybridized carbons (Fsp3) is 0.400. The van der Waals surface area contributed by atoms with Crippen molar-refractivity contribution in [2.45, 2.75) is 56.1 Å². The van der Waals surface area contributed by atoms with Crippen molar-refractivity contribution < 1.29 is 19.4 Å². The second-order valence-corrected chi connectivity index (χ2v) is 8.28. The van der Waals surface area contributed by atoms with Crippen LogP contribution < -0.4 is 15.2 Å². The molecule has 2 fully saturated rings. The molecule has 0 aromatic heterocycles. The molecule has 2 aliphatic rings. The molecule has 156 valence electrons. The number of rotatable bonds is 5. The Morgan fingerprint density at radius 2 is 1.90 bits per heavy atom. The van der Waals surface area contributed by atoms with Gasteiger partial charge in [0.15, 0.2) is 11.5 Å². The third kappa shape index (κ3) is 4.15. The van der Waals surface area contributed by atoms with Gasteiger partial charge < -0.3 is 20.3 Å². The summed E-state index contributed by atoms with van der Waals surface area (Å²) in [6.45, 7) is 0. The van der Waals surface area contributed by atoms with E-state index in [4.69, 9.17) is 15.2 Å². The van der Waals surface area contributed by atoms with E-state index in [1.807, 2.05) is 24.3 Å². The van der Waals surface area contributed by atoms with Crippen molar-refractivity contribution in [3.63, 3.8) is 0 Å². The van der Waals surface area contributed by atoms with Gasteiger partial charge in [-0.3, -0.25) is 0 Å². The lowest BCUT2D eigenvalue weighted by Crippen LogP contribution is -2.48. The maximum absolute atomic E-state index is 11.2. The smallest absolute Gasteiger partial charge is 0.335 e. The molecule has 5 nitrogen and oxygen atoms in total. The highest BCUT2D eigenvalue weighted by molar-refractivity contribution is 5.88. The van der Waals surface area contributed by atoms with Gasteiger partial charge in [-0.1, -0.05) is 24.0 Å². The summed E-state index contributed by atoms with van der Waals surface area (Å²) in [5.41, 5.74) is 7.78. The minimum Gasteiger partial charge on any atom is -0.493 e. The van der Waals surface area contributed by atoms with Crippen LogP contribution in [-0.4, -0.2) is 30.3 Å².